The lowest BCUT2D eigenvalue weighted by Gasteiger charge is -2.30. The number of nitrogens with zero attached hydrogens (tertiary/aromatic N) is 2. The van der Waals surface area contributed by atoms with Gasteiger partial charge in [0.05, 0.1) is 0 Å². The average molecular weight is 382 g/mol. The highest BCUT2D eigenvalue weighted by molar-refractivity contribution is 5.81. The Hall–Kier alpha value is -1.30. The first-order valence-corrected chi connectivity index (χ1v) is 11.0. The van der Waals surface area contributed by atoms with Crippen molar-refractivity contribution in [2.75, 3.05) is 26.2 Å². The van der Waals surface area contributed by atoms with E-state index in [4.69, 9.17) is 0 Å². The normalized spacial score (nSPS) is 16.2. The third kappa shape index (κ3) is 10.6. The summed E-state index contributed by atoms with van der Waals surface area (Å²) in [5.41, 5.74) is 0. The zero-order valence-corrected chi connectivity index (χ0v) is 18.3. The summed E-state index contributed by atoms with van der Waals surface area (Å²) in [6, 6.07) is 1.50. The summed E-state index contributed by atoms with van der Waals surface area (Å²) < 4.78 is 0. The minimum absolute atomic E-state index is 0.148. The first kappa shape index (κ1) is 23.7. The molecule has 1 rings (SSSR count). The first-order chi connectivity index (χ1) is 12.9. The highest BCUT2D eigenvalue weighted by Crippen LogP contribution is 2.17. The van der Waals surface area contributed by atoms with E-state index in [1.807, 2.05) is 0 Å². The fraction of sp³-hybridized carbons (Fsp3) is 0.905. The molecule has 0 aromatic carbocycles. The van der Waals surface area contributed by atoms with E-state index < -0.39 is 0 Å². The van der Waals surface area contributed by atoms with Gasteiger partial charge < -0.3 is 16.0 Å². The molecule has 0 bridgehead atoms. The van der Waals surface area contributed by atoms with Gasteiger partial charge in [0.15, 0.2) is 5.96 Å². The Morgan fingerprint density at radius 2 is 1.74 bits per heavy atom. The molecule has 0 spiro atoms. The van der Waals surface area contributed by atoms with Gasteiger partial charge in [0, 0.05) is 50.7 Å². The lowest BCUT2D eigenvalue weighted by molar-refractivity contribution is -0.121. The van der Waals surface area contributed by atoms with E-state index in [9.17, 15) is 4.79 Å². The van der Waals surface area contributed by atoms with E-state index in [1.165, 1.54) is 19.3 Å². The average Bonchev–Trinajstić information content (AvgIpc) is 2.61. The van der Waals surface area contributed by atoms with Crippen LogP contribution in [0.3, 0.4) is 0 Å². The molecule has 0 aliphatic heterocycles. The zero-order chi connectivity index (χ0) is 20.1. The smallest absolute Gasteiger partial charge is 0.221 e. The first-order valence-electron chi connectivity index (χ1n) is 11.0. The minimum Gasteiger partial charge on any atom is -0.357 e. The van der Waals surface area contributed by atoms with Gasteiger partial charge in [0.2, 0.25) is 5.91 Å². The van der Waals surface area contributed by atoms with Crippen molar-refractivity contribution in [1.82, 2.24) is 20.9 Å². The molecule has 0 aromatic rings. The number of carbonyl (C=O) groups excluding carboxylic acids is 1. The third-order valence-corrected chi connectivity index (χ3v) is 5.13. The van der Waals surface area contributed by atoms with Crippen molar-refractivity contribution < 1.29 is 4.79 Å². The molecule has 1 aliphatic carbocycles. The molecule has 0 unspecified atom stereocenters. The summed E-state index contributed by atoms with van der Waals surface area (Å²) in [7, 11) is 0. The highest BCUT2D eigenvalue weighted by atomic mass is 16.1. The Morgan fingerprint density at radius 3 is 2.33 bits per heavy atom. The van der Waals surface area contributed by atoms with Crippen molar-refractivity contribution in [1.29, 1.82) is 0 Å². The van der Waals surface area contributed by atoms with Crippen LogP contribution in [0, 0.1) is 0 Å². The summed E-state index contributed by atoms with van der Waals surface area (Å²) in [6.45, 7) is 14.3. The second-order valence-electron chi connectivity index (χ2n) is 8.12. The van der Waals surface area contributed by atoms with Gasteiger partial charge in [0.1, 0.15) is 0 Å². The molecule has 1 aliphatic rings. The maximum Gasteiger partial charge on any atom is 0.221 e. The number of aliphatic imine (C=N–C) groups is 1. The fourth-order valence-corrected chi connectivity index (χ4v) is 3.74. The molecular formula is C21H43N5O. The molecule has 0 heterocycles. The number of carbonyl (C=O) groups is 1. The Bertz CT molecular complexity index is 422. The summed E-state index contributed by atoms with van der Waals surface area (Å²) in [4.78, 5) is 19.2. The summed E-state index contributed by atoms with van der Waals surface area (Å²) in [5.74, 6) is 0.957. The van der Waals surface area contributed by atoms with Crippen molar-refractivity contribution in [2.45, 2.75) is 97.7 Å². The van der Waals surface area contributed by atoms with E-state index in [-0.39, 0.29) is 5.91 Å². The van der Waals surface area contributed by atoms with Gasteiger partial charge >= 0.3 is 0 Å². The predicted octanol–water partition coefficient (Wildman–Crippen LogP) is 2.89. The van der Waals surface area contributed by atoms with Gasteiger partial charge in [-0.2, -0.15) is 0 Å². The minimum atomic E-state index is 0.148. The van der Waals surface area contributed by atoms with Crippen LogP contribution >= 0.6 is 0 Å². The Balaban J connectivity index is 2.28. The van der Waals surface area contributed by atoms with Crippen LogP contribution in [0.5, 0.6) is 0 Å². The maximum atomic E-state index is 12.1. The molecule has 158 valence electrons. The molecular weight excluding hydrogens is 338 g/mol. The van der Waals surface area contributed by atoms with Gasteiger partial charge in [-0.15, -0.1) is 0 Å². The van der Waals surface area contributed by atoms with Gasteiger partial charge in [0.25, 0.3) is 0 Å². The second-order valence-corrected chi connectivity index (χ2v) is 8.12. The van der Waals surface area contributed by atoms with E-state index in [2.05, 4.69) is 60.5 Å². The number of nitrogens with one attached hydrogen (secondary N) is 3. The topological polar surface area (TPSA) is 68.8 Å². The summed E-state index contributed by atoms with van der Waals surface area (Å²) in [6.07, 6.45) is 7.59. The van der Waals surface area contributed by atoms with Crippen molar-refractivity contribution in [2.24, 2.45) is 4.99 Å². The fourth-order valence-electron chi connectivity index (χ4n) is 3.74. The number of guanidine groups is 1. The van der Waals surface area contributed by atoms with E-state index in [0.717, 1.165) is 44.9 Å². The lowest BCUT2D eigenvalue weighted by Crippen LogP contribution is -2.41. The molecule has 27 heavy (non-hydrogen) atoms. The van der Waals surface area contributed by atoms with E-state index >= 15 is 0 Å². The molecule has 0 atom stereocenters. The van der Waals surface area contributed by atoms with Crippen LogP contribution in [0.1, 0.15) is 79.6 Å². The van der Waals surface area contributed by atoms with E-state index in [0.29, 0.717) is 31.1 Å². The van der Waals surface area contributed by atoms with Gasteiger partial charge in [-0.05, 0) is 53.9 Å². The molecule has 0 saturated heterocycles. The molecule has 0 radical (unpaired) electrons. The van der Waals surface area contributed by atoms with Crippen molar-refractivity contribution in [3.05, 3.63) is 0 Å². The summed E-state index contributed by atoms with van der Waals surface area (Å²) >= 11 is 0. The predicted molar refractivity (Wildman–Crippen MR) is 115 cm³/mol. The van der Waals surface area contributed by atoms with Crippen LogP contribution in [0.25, 0.3) is 0 Å². The maximum absolute atomic E-state index is 12.1. The van der Waals surface area contributed by atoms with Gasteiger partial charge in [-0.3, -0.25) is 14.7 Å². The third-order valence-electron chi connectivity index (χ3n) is 5.13. The zero-order valence-electron chi connectivity index (χ0n) is 18.3. The number of rotatable bonds is 11. The number of amides is 1. The van der Waals surface area contributed by atoms with Crippen LogP contribution in [0.15, 0.2) is 4.99 Å². The number of hydrogen-bond donors (Lipinski definition) is 3. The Kier molecular flexibility index (Phi) is 12.1. The molecule has 1 saturated carbocycles. The molecule has 1 amide bonds. The van der Waals surface area contributed by atoms with Crippen molar-refractivity contribution >= 4 is 11.9 Å². The van der Waals surface area contributed by atoms with Crippen LogP contribution in [0.2, 0.25) is 0 Å². The highest BCUT2D eigenvalue weighted by Gasteiger charge is 2.15. The van der Waals surface area contributed by atoms with Gasteiger partial charge in [-0.1, -0.05) is 19.3 Å². The quantitative estimate of drug-likeness (QED) is 0.292. The van der Waals surface area contributed by atoms with Crippen molar-refractivity contribution in [3.8, 4) is 0 Å². The van der Waals surface area contributed by atoms with Crippen molar-refractivity contribution in [3.63, 3.8) is 0 Å². The largest absolute Gasteiger partial charge is 0.357 e. The Morgan fingerprint density at radius 1 is 1.07 bits per heavy atom. The SMILES string of the molecule is CCNC(=NCCCN(C(C)C)C(C)C)NCCC(=O)NC1CCCCC1. The summed E-state index contributed by atoms with van der Waals surface area (Å²) in [5, 5.41) is 9.72. The van der Waals surface area contributed by atoms with Crippen LogP contribution in [-0.4, -0.2) is 61.1 Å². The van der Waals surface area contributed by atoms with E-state index in [1.54, 1.807) is 0 Å². The number of hydrogen-bond acceptors (Lipinski definition) is 3. The van der Waals surface area contributed by atoms with Crippen LogP contribution in [0.4, 0.5) is 0 Å². The monoisotopic (exact) mass is 381 g/mol. The molecule has 6 heteroatoms. The molecule has 3 N–H and O–H groups in total. The Labute approximate surface area is 166 Å². The molecule has 0 aromatic heterocycles. The standard InChI is InChI=1S/C21H43N5O/c1-6-22-21(23-14-10-16-26(17(2)3)18(4)5)24-15-13-20(27)25-19-11-8-7-9-12-19/h17-19H,6-16H2,1-5H3,(H,25,27)(H2,22,23,24). The molecule has 6 nitrogen and oxygen atoms in total. The van der Waals surface area contributed by atoms with Crippen LogP contribution < -0.4 is 16.0 Å². The lowest BCUT2D eigenvalue weighted by atomic mass is 9.95. The molecule has 1 fully saturated rings. The van der Waals surface area contributed by atoms with Crippen LogP contribution in [-0.2, 0) is 4.79 Å². The van der Waals surface area contributed by atoms with Gasteiger partial charge in [-0.25, -0.2) is 0 Å². The second kappa shape index (κ2) is 13.8.